The number of fused-ring (bicyclic) bond motifs is 2. The zero-order chi connectivity index (χ0) is 24.1. The number of nitriles is 1. The molecule has 6 rings (SSSR count). The van der Waals surface area contributed by atoms with E-state index in [4.69, 9.17) is 4.42 Å². The molecule has 0 radical (unpaired) electrons. The lowest BCUT2D eigenvalue weighted by molar-refractivity contribution is -0.141. The van der Waals surface area contributed by atoms with Gasteiger partial charge in [-0.2, -0.15) is 5.26 Å². The van der Waals surface area contributed by atoms with Crippen LogP contribution < -0.4 is 0 Å². The normalized spacial score (nSPS) is 19.7. The highest BCUT2D eigenvalue weighted by molar-refractivity contribution is 5.90. The lowest BCUT2D eigenvalue weighted by Gasteiger charge is -2.24. The van der Waals surface area contributed by atoms with Crippen LogP contribution in [0.3, 0.4) is 0 Å². The zero-order valence-corrected chi connectivity index (χ0v) is 19.6. The minimum absolute atomic E-state index is 0.160. The third kappa shape index (κ3) is 3.53. The molecule has 0 bridgehead atoms. The molecule has 35 heavy (non-hydrogen) atoms. The Kier molecular flexibility index (Phi) is 5.20. The van der Waals surface area contributed by atoms with E-state index in [1.165, 1.54) is 0 Å². The minimum atomic E-state index is -0.716. The van der Waals surface area contributed by atoms with Crippen LogP contribution in [0.1, 0.15) is 41.1 Å². The fourth-order valence-corrected chi connectivity index (χ4v) is 5.98. The minimum Gasteiger partial charge on any atom is -0.481 e. The fourth-order valence-electron chi connectivity index (χ4n) is 5.98. The van der Waals surface area contributed by atoms with E-state index >= 15 is 0 Å². The molecule has 1 aliphatic carbocycles. The van der Waals surface area contributed by atoms with Crippen LogP contribution in [0.5, 0.6) is 0 Å². The van der Waals surface area contributed by atoms with Crippen molar-refractivity contribution in [2.75, 3.05) is 13.1 Å². The maximum Gasteiger partial charge on any atom is 0.307 e. The number of furan rings is 1. The first-order valence-electron chi connectivity index (χ1n) is 12.2. The van der Waals surface area contributed by atoms with Crippen LogP contribution in [0.25, 0.3) is 33.4 Å². The van der Waals surface area contributed by atoms with Crippen LogP contribution in [0.15, 0.2) is 65.1 Å². The molecule has 4 aromatic rings. The molecule has 2 aliphatic rings. The molecule has 1 aliphatic heterocycles. The van der Waals surface area contributed by atoms with Crippen molar-refractivity contribution < 1.29 is 14.3 Å². The van der Waals surface area contributed by atoms with Crippen LogP contribution in [-0.2, 0) is 11.2 Å². The second-order valence-electron chi connectivity index (χ2n) is 9.68. The van der Waals surface area contributed by atoms with Crippen LogP contribution in [0.2, 0.25) is 0 Å². The number of hydrogen-bond donors (Lipinski definition) is 1. The Morgan fingerprint density at radius 2 is 1.89 bits per heavy atom. The number of carboxylic acids is 1. The molecule has 174 valence electrons. The van der Waals surface area contributed by atoms with Gasteiger partial charge in [0.1, 0.15) is 11.8 Å². The van der Waals surface area contributed by atoms with Crippen molar-refractivity contribution in [3.63, 3.8) is 0 Å². The van der Waals surface area contributed by atoms with E-state index in [-0.39, 0.29) is 12.0 Å². The molecule has 5 nitrogen and oxygen atoms in total. The van der Waals surface area contributed by atoms with Gasteiger partial charge in [0.25, 0.3) is 0 Å². The van der Waals surface area contributed by atoms with Gasteiger partial charge in [0, 0.05) is 23.5 Å². The molecule has 2 unspecified atom stereocenters. The third-order valence-electron chi connectivity index (χ3n) is 7.78. The summed E-state index contributed by atoms with van der Waals surface area (Å²) in [7, 11) is 0. The first kappa shape index (κ1) is 21.6. The smallest absolute Gasteiger partial charge is 0.307 e. The summed E-state index contributed by atoms with van der Waals surface area (Å²) in [4.78, 5) is 13.8. The highest BCUT2D eigenvalue weighted by atomic mass is 16.4. The van der Waals surface area contributed by atoms with Crippen LogP contribution in [0.4, 0.5) is 0 Å². The van der Waals surface area contributed by atoms with Crippen LogP contribution >= 0.6 is 0 Å². The zero-order valence-electron chi connectivity index (χ0n) is 19.6. The Bertz CT molecular complexity index is 1500. The molecule has 0 saturated carbocycles. The summed E-state index contributed by atoms with van der Waals surface area (Å²) in [5, 5.41) is 20.5. The van der Waals surface area contributed by atoms with Gasteiger partial charge in [-0.15, -0.1) is 0 Å². The summed E-state index contributed by atoms with van der Waals surface area (Å²) in [5.41, 5.74) is 7.96. The lowest BCUT2D eigenvalue weighted by Crippen LogP contribution is -2.26. The summed E-state index contributed by atoms with van der Waals surface area (Å²) in [6, 6.07) is 23.3. The van der Waals surface area contributed by atoms with Gasteiger partial charge in [0.15, 0.2) is 5.58 Å². The van der Waals surface area contributed by atoms with Crippen molar-refractivity contribution in [1.29, 1.82) is 5.26 Å². The number of hydrogen-bond acceptors (Lipinski definition) is 4. The standard InChI is InChI=1S/C30H26N2O3/c1-18-22(19-6-3-2-4-7-19)8-5-9-23(18)28-15-21-14-25-24(26(16-31)29(21)35-28)10-11-27(25)32-13-12-20(17-32)30(33)34/h2-9,14-15,20,27H,10-13,17H2,1H3,(H,33,34). The second-order valence-corrected chi connectivity index (χ2v) is 9.68. The van der Waals surface area contributed by atoms with Crippen molar-refractivity contribution in [1.82, 2.24) is 4.90 Å². The number of carbonyl (C=O) groups is 1. The predicted octanol–water partition coefficient (Wildman–Crippen LogP) is 6.34. The highest BCUT2D eigenvalue weighted by Gasteiger charge is 2.37. The molecule has 1 aromatic heterocycles. The summed E-state index contributed by atoms with van der Waals surface area (Å²) in [5.74, 6) is -0.260. The number of likely N-dealkylation sites (tertiary alicyclic amines) is 1. The van der Waals surface area contributed by atoms with Crippen molar-refractivity contribution in [3.8, 4) is 28.5 Å². The summed E-state index contributed by atoms with van der Waals surface area (Å²) >= 11 is 0. The molecule has 3 aromatic carbocycles. The summed E-state index contributed by atoms with van der Waals surface area (Å²) in [6.45, 7) is 3.46. The summed E-state index contributed by atoms with van der Waals surface area (Å²) < 4.78 is 6.37. The van der Waals surface area contributed by atoms with Crippen molar-refractivity contribution in [2.24, 2.45) is 5.92 Å². The van der Waals surface area contributed by atoms with Gasteiger partial charge >= 0.3 is 5.97 Å². The van der Waals surface area contributed by atoms with E-state index in [1.54, 1.807) is 0 Å². The monoisotopic (exact) mass is 462 g/mol. The first-order valence-corrected chi connectivity index (χ1v) is 12.2. The van der Waals surface area contributed by atoms with Gasteiger partial charge in [0.05, 0.1) is 11.5 Å². The number of aliphatic carboxylic acids is 1. The predicted molar refractivity (Wildman–Crippen MR) is 135 cm³/mol. The Morgan fingerprint density at radius 1 is 1.09 bits per heavy atom. The van der Waals surface area contributed by atoms with Gasteiger partial charge in [-0.05, 0) is 72.7 Å². The van der Waals surface area contributed by atoms with Crippen molar-refractivity contribution in [3.05, 3.63) is 82.9 Å². The number of rotatable bonds is 4. The molecule has 1 saturated heterocycles. The van der Waals surface area contributed by atoms with Crippen molar-refractivity contribution in [2.45, 2.75) is 32.2 Å². The average molecular weight is 463 g/mol. The van der Waals surface area contributed by atoms with E-state index in [0.29, 0.717) is 24.1 Å². The Balaban J connectivity index is 1.43. The van der Waals surface area contributed by atoms with E-state index in [9.17, 15) is 15.2 Å². The quantitative estimate of drug-likeness (QED) is 0.383. The van der Waals surface area contributed by atoms with Gasteiger partial charge in [-0.3, -0.25) is 9.69 Å². The molecule has 1 N–H and O–H groups in total. The van der Waals surface area contributed by atoms with E-state index in [1.807, 2.05) is 30.3 Å². The largest absolute Gasteiger partial charge is 0.481 e. The third-order valence-corrected chi connectivity index (χ3v) is 7.78. The Morgan fingerprint density at radius 3 is 2.63 bits per heavy atom. The Hall–Kier alpha value is -3.88. The molecule has 5 heteroatoms. The van der Waals surface area contributed by atoms with Gasteiger partial charge < -0.3 is 9.52 Å². The number of benzene rings is 3. The topological polar surface area (TPSA) is 77.5 Å². The lowest BCUT2D eigenvalue weighted by atomic mass is 9.95. The highest BCUT2D eigenvalue weighted by Crippen LogP contribution is 2.44. The second kappa shape index (κ2) is 8.41. The number of carboxylic acid groups (broad SMARTS) is 1. The van der Waals surface area contributed by atoms with E-state index < -0.39 is 5.97 Å². The maximum atomic E-state index is 11.5. The van der Waals surface area contributed by atoms with Gasteiger partial charge in [-0.1, -0.05) is 48.5 Å². The average Bonchev–Trinajstić information content (AvgIpc) is 3.61. The Labute approximate surface area is 204 Å². The number of nitrogens with zero attached hydrogens (tertiary/aromatic N) is 2. The fraction of sp³-hybridized carbons (Fsp3) is 0.267. The first-order chi connectivity index (χ1) is 17.0. The van der Waals surface area contributed by atoms with E-state index in [2.05, 4.69) is 48.2 Å². The van der Waals surface area contributed by atoms with Crippen LogP contribution in [-0.4, -0.2) is 29.1 Å². The molecule has 2 atom stereocenters. The van der Waals surface area contributed by atoms with E-state index in [0.717, 1.165) is 63.9 Å². The van der Waals surface area contributed by atoms with Crippen molar-refractivity contribution >= 4 is 16.9 Å². The molecular formula is C30H26N2O3. The molecule has 2 heterocycles. The maximum absolute atomic E-state index is 11.5. The van der Waals surface area contributed by atoms with Gasteiger partial charge in [0.2, 0.25) is 0 Å². The molecule has 1 fully saturated rings. The summed E-state index contributed by atoms with van der Waals surface area (Å²) in [6.07, 6.45) is 2.40. The molecular weight excluding hydrogens is 436 g/mol. The SMILES string of the molecule is Cc1c(-c2ccccc2)cccc1-c1cc2cc3c(c(C#N)c2o1)CCC3N1CCC(C(=O)O)C1. The molecule has 0 spiro atoms. The van der Waals surface area contributed by atoms with Gasteiger partial charge in [-0.25, -0.2) is 0 Å². The molecule has 0 amide bonds. The van der Waals surface area contributed by atoms with Crippen LogP contribution in [0, 0.1) is 24.2 Å².